The molecule has 3 atom stereocenters. The molecule has 0 aromatic rings. The molecule has 1 aliphatic heterocycles. The van der Waals surface area contributed by atoms with Gasteiger partial charge >= 0.3 is 5.97 Å². The molecule has 1 heterocycles. The van der Waals surface area contributed by atoms with Gasteiger partial charge in [-0.3, -0.25) is 9.69 Å². The molecule has 3 unspecified atom stereocenters. The van der Waals surface area contributed by atoms with Gasteiger partial charge in [0.05, 0.1) is 6.61 Å². The molecule has 0 aromatic carbocycles. The van der Waals surface area contributed by atoms with Crippen LogP contribution in [0.15, 0.2) is 0 Å². The second-order valence-electron chi connectivity index (χ2n) is 5.52. The number of fused-ring (bicyclic) bond motifs is 1. The molecule has 0 amide bonds. The Morgan fingerprint density at radius 3 is 2.71 bits per heavy atom. The van der Waals surface area contributed by atoms with E-state index >= 15 is 0 Å². The van der Waals surface area contributed by atoms with Crippen LogP contribution in [-0.4, -0.2) is 36.6 Å². The first-order valence-corrected chi connectivity index (χ1v) is 7.13. The number of ether oxygens (including phenoxy) is 1. The van der Waals surface area contributed by atoms with Crippen molar-refractivity contribution in [2.75, 3.05) is 19.7 Å². The number of rotatable bonds is 3. The second-order valence-corrected chi connectivity index (χ2v) is 5.52. The number of carbonyl (C=O) groups is 1. The zero-order valence-electron chi connectivity index (χ0n) is 11.2. The van der Waals surface area contributed by atoms with Gasteiger partial charge in [-0.2, -0.15) is 0 Å². The molecule has 0 spiro atoms. The maximum atomic E-state index is 11.7. The van der Waals surface area contributed by atoms with Gasteiger partial charge in [0.1, 0.15) is 6.04 Å². The van der Waals surface area contributed by atoms with Crippen LogP contribution in [0.25, 0.3) is 0 Å². The molecular weight excluding hydrogens is 214 g/mol. The highest BCUT2D eigenvalue weighted by molar-refractivity contribution is 5.75. The van der Waals surface area contributed by atoms with Crippen molar-refractivity contribution in [1.82, 2.24) is 4.90 Å². The smallest absolute Gasteiger partial charge is 0.323 e. The monoisotopic (exact) mass is 239 g/mol. The number of carbonyl (C=O) groups excluding carboxylic acids is 1. The first-order chi connectivity index (χ1) is 8.22. The molecule has 2 rings (SSSR count). The van der Waals surface area contributed by atoms with Gasteiger partial charge < -0.3 is 4.74 Å². The summed E-state index contributed by atoms with van der Waals surface area (Å²) < 4.78 is 5.11. The fourth-order valence-corrected chi connectivity index (χ4v) is 3.39. The number of piperidine rings is 1. The lowest BCUT2D eigenvalue weighted by molar-refractivity contribution is -0.150. The molecule has 0 N–H and O–H groups in total. The van der Waals surface area contributed by atoms with Crippen LogP contribution < -0.4 is 0 Å². The Balaban J connectivity index is 1.88. The molecule has 3 nitrogen and oxygen atoms in total. The number of hydrogen-bond acceptors (Lipinski definition) is 3. The summed E-state index contributed by atoms with van der Waals surface area (Å²) in [7, 11) is 0. The Hall–Kier alpha value is -0.570. The van der Waals surface area contributed by atoms with Crippen molar-refractivity contribution in [3.8, 4) is 0 Å². The van der Waals surface area contributed by atoms with Gasteiger partial charge in [0.25, 0.3) is 0 Å². The third kappa shape index (κ3) is 3.01. The summed E-state index contributed by atoms with van der Waals surface area (Å²) >= 11 is 0. The predicted octanol–water partition coefficient (Wildman–Crippen LogP) is 2.45. The van der Waals surface area contributed by atoms with Crippen LogP contribution in [0, 0.1) is 11.8 Å². The normalized spacial score (nSPS) is 31.6. The SMILES string of the molecule is CCOC(=O)C(C)N1CCC2CCCCC2C1. The van der Waals surface area contributed by atoms with Gasteiger partial charge in [-0.1, -0.05) is 19.3 Å². The summed E-state index contributed by atoms with van der Waals surface area (Å²) in [6.07, 6.45) is 6.83. The molecule has 1 saturated carbocycles. The molecular formula is C14H25NO2. The fraction of sp³-hybridized carbons (Fsp3) is 0.929. The minimum Gasteiger partial charge on any atom is -0.465 e. The Morgan fingerprint density at radius 2 is 2.00 bits per heavy atom. The van der Waals surface area contributed by atoms with Crippen LogP contribution >= 0.6 is 0 Å². The molecule has 1 aliphatic carbocycles. The highest BCUT2D eigenvalue weighted by Crippen LogP contribution is 2.36. The standard InChI is InChI=1S/C14H25NO2/c1-3-17-14(16)11(2)15-9-8-12-6-4-5-7-13(12)10-15/h11-13H,3-10H2,1-2H3. The largest absolute Gasteiger partial charge is 0.465 e. The summed E-state index contributed by atoms with van der Waals surface area (Å²) in [6, 6.07) is -0.0576. The van der Waals surface area contributed by atoms with Crippen LogP contribution in [0.1, 0.15) is 46.0 Å². The van der Waals surface area contributed by atoms with Crippen LogP contribution in [0.5, 0.6) is 0 Å². The van der Waals surface area contributed by atoms with E-state index in [0.717, 1.165) is 24.9 Å². The van der Waals surface area contributed by atoms with E-state index in [2.05, 4.69) is 4.90 Å². The molecule has 2 aliphatic rings. The van der Waals surface area contributed by atoms with Crippen LogP contribution in [0.3, 0.4) is 0 Å². The van der Waals surface area contributed by atoms with E-state index in [4.69, 9.17) is 4.74 Å². The number of nitrogens with zero attached hydrogens (tertiary/aromatic N) is 1. The minimum atomic E-state index is -0.0576. The average Bonchev–Trinajstić information content (AvgIpc) is 2.37. The van der Waals surface area contributed by atoms with Gasteiger partial charge in [0.2, 0.25) is 0 Å². The minimum absolute atomic E-state index is 0.0539. The van der Waals surface area contributed by atoms with E-state index in [9.17, 15) is 4.79 Å². The molecule has 0 radical (unpaired) electrons. The van der Waals surface area contributed by atoms with Crippen molar-refractivity contribution in [3.63, 3.8) is 0 Å². The summed E-state index contributed by atoms with van der Waals surface area (Å²) in [6.45, 7) is 6.52. The zero-order chi connectivity index (χ0) is 12.3. The summed E-state index contributed by atoms with van der Waals surface area (Å²) in [5.74, 6) is 1.70. The average molecular weight is 239 g/mol. The fourth-order valence-electron chi connectivity index (χ4n) is 3.39. The van der Waals surface area contributed by atoms with E-state index in [0.29, 0.717) is 6.61 Å². The van der Waals surface area contributed by atoms with E-state index in [1.165, 1.54) is 32.1 Å². The van der Waals surface area contributed by atoms with Gasteiger partial charge in [0, 0.05) is 6.54 Å². The first-order valence-electron chi connectivity index (χ1n) is 7.13. The molecule has 0 bridgehead atoms. The van der Waals surface area contributed by atoms with Gasteiger partial charge in [-0.05, 0) is 45.1 Å². The third-order valence-electron chi connectivity index (χ3n) is 4.50. The van der Waals surface area contributed by atoms with E-state index < -0.39 is 0 Å². The van der Waals surface area contributed by atoms with E-state index in [-0.39, 0.29) is 12.0 Å². The van der Waals surface area contributed by atoms with Gasteiger partial charge in [-0.15, -0.1) is 0 Å². The van der Waals surface area contributed by atoms with Crippen LogP contribution in [-0.2, 0) is 9.53 Å². The number of likely N-dealkylation sites (tertiary alicyclic amines) is 1. The van der Waals surface area contributed by atoms with Crippen LogP contribution in [0.4, 0.5) is 0 Å². The third-order valence-corrected chi connectivity index (χ3v) is 4.50. The van der Waals surface area contributed by atoms with Crippen LogP contribution in [0.2, 0.25) is 0 Å². The Kier molecular flexibility index (Phi) is 4.43. The zero-order valence-corrected chi connectivity index (χ0v) is 11.2. The molecule has 0 aromatic heterocycles. The van der Waals surface area contributed by atoms with Crippen molar-refractivity contribution in [3.05, 3.63) is 0 Å². The molecule has 3 heteroatoms. The van der Waals surface area contributed by atoms with Crippen molar-refractivity contribution in [2.45, 2.75) is 52.0 Å². The number of esters is 1. The quantitative estimate of drug-likeness (QED) is 0.709. The van der Waals surface area contributed by atoms with E-state index in [1.807, 2.05) is 13.8 Å². The lowest BCUT2D eigenvalue weighted by Crippen LogP contribution is -2.49. The Bertz CT molecular complexity index is 267. The lowest BCUT2D eigenvalue weighted by atomic mass is 9.75. The molecule has 1 saturated heterocycles. The maximum absolute atomic E-state index is 11.7. The maximum Gasteiger partial charge on any atom is 0.323 e. The summed E-state index contributed by atoms with van der Waals surface area (Å²) in [4.78, 5) is 14.1. The van der Waals surface area contributed by atoms with Crippen molar-refractivity contribution in [1.29, 1.82) is 0 Å². The summed E-state index contributed by atoms with van der Waals surface area (Å²) in [5.41, 5.74) is 0. The van der Waals surface area contributed by atoms with Gasteiger partial charge in [0.15, 0.2) is 0 Å². The predicted molar refractivity (Wildman–Crippen MR) is 67.7 cm³/mol. The first kappa shape index (κ1) is 12.9. The molecule has 98 valence electrons. The summed E-state index contributed by atoms with van der Waals surface area (Å²) in [5, 5.41) is 0. The highest BCUT2D eigenvalue weighted by atomic mass is 16.5. The Morgan fingerprint density at radius 1 is 1.29 bits per heavy atom. The van der Waals surface area contributed by atoms with Crippen molar-refractivity contribution in [2.24, 2.45) is 11.8 Å². The van der Waals surface area contributed by atoms with E-state index in [1.54, 1.807) is 0 Å². The Labute approximate surface area is 105 Å². The lowest BCUT2D eigenvalue weighted by Gasteiger charge is -2.42. The van der Waals surface area contributed by atoms with Gasteiger partial charge in [-0.25, -0.2) is 0 Å². The molecule has 17 heavy (non-hydrogen) atoms. The second kappa shape index (κ2) is 5.85. The topological polar surface area (TPSA) is 29.5 Å². The van der Waals surface area contributed by atoms with Crippen molar-refractivity contribution >= 4 is 5.97 Å². The highest BCUT2D eigenvalue weighted by Gasteiger charge is 2.34. The molecule has 2 fully saturated rings. The number of hydrogen-bond donors (Lipinski definition) is 0. The van der Waals surface area contributed by atoms with Crippen molar-refractivity contribution < 1.29 is 9.53 Å².